The minimum absolute atomic E-state index is 0.213. The van der Waals surface area contributed by atoms with E-state index in [0.717, 1.165) is 24.4 Å². The number of aromatic nitrogens is 4. The Balaban J connectivity index is 1.65. The van der Waals surface area contributed by atoms with E-state index < -0.39 is 0 Å². The summed E-state index contributed by atoms with van der Waals surface area (Å²) in [5, 5.41) is 6.73. The molecule has 0 aliphatic heterocycles. The Morgan fingerprint density at radius 2 is 1.96 bits per heavy atom. The van der Waals surface area contributed by atoms with Gasteiger partial charge in [-0.05, 0) is 30.1 Å². The zero-order chi connectivity index (χ0) is 16.8. The van der Waals surface area contributed by atoms with E-state index >= 15 is 0 Å². The van der Waals surface area contributed by atoms with Crippen molar-refractivity contribution in [1.29, 1.82) is 0 Å². The number of benzene rings is 1. The molecule has 2 heterocycles. The van der Waals surface area contributed by atoms with E-state index in [1.54, 1.807) is 0 Å². The van der Waals surface area contributed by atoms with Crippen molar-refractivity contribution in [3.8, 4) is 11.8 Å². The first kappa shape index (κ1) is 16.0. The number of nitrogens with zero attached hydrogens (tertiary/aromatic N) is 4. The lowest BCUT2D eigenvalue weighted by molar-refractivity contribution is 0.102. The minimum Gasteiger partial charge on any atom is -0.424 e. The highest BCUT2D eigenvalue weighted by atomic mass is 32.1. The van der Waals surface area contributed by atoms with Gasteiger partial charge in [-0.2, -0.15) is 0 Å². The van der Waals surface area contributed by atoms with Gasteiger partial charge in [0.1, 0.15) is 10.6 Å². The van der Waals surface area contributed by atoms with Crippen LogP contribution in [0.1, 0.15) is 28.7 Å². The summed E-state index contributed by atoms with van der Waals surface area (Å²) >= 11 is 1.08. The van der Waals surface area contributed by atoms with E-state index in [4.69, 9.17) is 4.74 Å². The number of carbonyl (C=O) groups excluding carboxylic acids is 1. The second kappa shape index (κ2) is 7.60. The number of ether oxygens (including phenoxy) is 1. The molecule has 1 amide bonds. The fraction of sp³-hybridized carbons (Fsp3) is 0.188. The molecule has 3 aromatic rings. The maximum Gasteiger partial charge on any atom is 0.322 e. The van der Waals surface area contributed by atoms with Crippen LogP contribution in [0.2, 0.25) is 0 Å². The summed E-state index contributed by atoms with van der Waals surface area (Å²) in [5.41, 5.74) is 1.20. The molecule has 24 heavy (non-hydrogen) atoms. The molecule has 0 saturated carbocycles. The summed E-state index contributed by atoms with van der Waals surface area (Å²) in [7, 11) is 0. The van der Waals surface area contributed by atoms with Crippen molar-refractivity contribution in [2.24, 2.45) is 0 Å². The van der Waals surface area contributed by atoms with Crippen molar-refractivity contribution in [1.82, 2.24) is 19.6 Å². The van der Waals surface area contributed by atoms with Crippen LogP contribution in [0.3, 0.4) is 0 Å². The van der Waals surface area contributed by atoms with Gasteiger partial charge in [0, 0.05) is 0 Å². The summed E-state index contributed by atoms with van der Waals surface area (Å²) < 4.78 is 9.35. The largest absolute Gasteiger partial charge is 0.424 e. The summed E-state index contributed by atoms with van der Waals surface area (Å²) in [6.07, 6.45) is 4.62. The fourth-order valence-electron chi connectivity index (χ4n) is 2.00. The van der Waals surface area contributed by atoms with E-state index in [9.17, 15) is 4.79 Å². The Hall–Kier alpha value is -2.87. The van der Waals surface area contributed by atoms with Crippen LogP contribution in [-0.2, 0) is 6.42 Å². The van der Waals surface area contributed by atoms with Crippen molar-refractivity contribution in [2.45, 2.75) is 19.8 Å². The number of amides is 1. The van der Waals surface area contributed by atoms with Crippen LogP contribution in [0.5, 0.6) is 11.8 Å². The van der Waals surface area contributed by atoms with Gasteiger partial charge in [-0.1, -0.05) is 36.0 Å². The van der Waals surface area contributed by atoms with E-state index in [2.05, 4.69) is 24.9 Å². The van der Waals surface area contributed by atoms with Crippen molar-refractivity contribution in [3.05, 3.63) is 53.3 Å². The third-order valence-corrected chi connectivity index (χ3v) is 3.85. The highest BCUT2D eigenvalue weighted by Crippen LogP contribution is 2.18. The van der Waals surface area contributed by atoms with Crippen LogP contribution in [0.15, 0.2) is 42.7 Å². The Bertz CT molecular complexity index is 805. The fourth-order valence-corrected chi connectivity index (χ4v) is 2.60. The molecule has 0 atom stereocenters. The van der Waals surface area contributed by atoms with Crippen LogP contribution >= 0.6 is 11.5 Å². The molecule has 0 spiro atoms. The quantitative estimate of drug-likeness (QED) is 0.739. The standard InChI is InChI=1S/C16H15N5O2S/c1-2-6-13-14(24-21-20-13)15(22)19-11-9-17-16(18-10-11)23-12-7-4-3-5-8-12/h3-5,7-10H,2,6H2,1H3,(H,19,22). The van der Waals surface area contributed by atoms with Gasteiger partial charge in [-0.25, -0.2) is 9.97 Å². The minimum atomic E-state index is -0.256. The van der Waals surface area contributed by atoms with Gasteiger partial charge in [-0.3, -0.25) is 4.79 Å². The highest BCUT2D eigenvalue weighted by molar-refractivity contribution is 7.08. The molecule has 0 unspecified atom stereocenters. The smallest absolute Gasteiger partial charge is 0.322 e. The van der Waals surface area contributed by atoms with Crippen LogP contribution < -0.4 is 10.1 Å². The van der Waals surface area contributed by atoms with Crippen molar-refractivity contribution >= 4 is 23.1 Å². The van der Waals surface area contributed by atoms with E-state index in [0.29, 0.717) is 22.0 Å². The predicted molar refractivity (Wildman–Crippen MR) is 90.4 cm³/mol. The first-order valence-electron chi connectivity index (χ1n) is 7.43. The molecule has 3 rings (SSSR count). The molecule has 0 saturated heterocycles. The van der Waals surface area contributed by atoms with E-state index in [-0.39, 0.29) is 11.9 Å². The third kappa shape index (κ3) is 3.90. The van der Waals surface area contributed by atoms with Crippen LogP contribution in [0, 0.1) is 0 Å². The van der Waals surface area contributed by atoms with Crippen molar-refractivity contribution in [3.63, 3.8) is 0 Å². The summed E-state index contributed by atoms with van der Waals surface area (Å²) in [5.74, 6) is 0.392. The zero-order valence-electron chi connectivity index (χ0n) is 13.0. The van der Waals surface area contributed by atoms with Gasteiger partial charge in [0.2, 0.25) is 0 Å². The molecule has 2 aromatic heterocycles. The van der Waals surface area contributed by atoms with E-state index in [1.165, 1.54) is 12.4 Å². The van der Waals surface area contributed by atoms with Gasteiger partial charge >= 0.3 is 6.01 Å². The number of carbonyl (C=O) groups is 1. The number of rotatable bonds is 6. The average molecular weight is 341 g/mol. The topological polar surface area (TPSA) is 89.9 Å². The number of hydrogen-bond donors (Lipinski definition) is 1. The first-order valence-corrected chi connectivity index (χ1v) is 8.21. The molecule has 0 aliphatic carbocycles. The molecular weight excluding hydrogens is 326 g/mol. The Kier molecular flexibility index (Phi) is 5.07. The third-order valence-electron chi connectivity index (χ3n) is 3.09. The summed E-state index contributed by atoms with van der Waals surface area (Å²) in [4.78, 5) is 21.0. The first-order chi connectivity index (χ1) is 11.8. The normalized spacial score (nSPS) is 10.4. The van der Waals surface area contributed by atoms with Crippen LogP contribution in [-0.4, -0.2) is 25.5 Å². The molecule has 0 fully saturated rings. The number of para-hydroxylation sites is 1. The lowest BCUT2D eigenvalue weighted by Gasteiger charge is -2.06. The molecule has 1 aromatic carbocycles. The maximum atomic E-state index is 12.3. The predicted octanol–water partition coefficient (Wildman–Crippen LogP) is 3.33. The zero-order valence-corrected chi connectivity index (χ0v) is 13.8. The molecule has 8 heteroatoms. The second-order valence-electron chi connectivity index (χ2n) is 4.92. The lowest BCUT2D eigenvalue weighted by atomic mass is 10.2. The molecule has 7 nitrogen and oxygen atoms in total. The Morgan fingerprint density at radius 3 is 2.67 bits per heavy atom. The van der Waals surface area contributed by atoms with Crippen LogP contribution in [0.4, 0.5) is 5.69 Å². The molecule has 1 N–H and O–H groups in total. The maximum absolute atomic E-state index is 12.3. The number of anilines is 1. The monoisotopic (exact) mass is 341 g/mol. The van der Waals surface area contributed by atoms with Gasteiger partial charge in [0.05, 0.1) is 23.8 Å². The molecular formula is C16H15N5O2S. The summed E-state index contributed by atoms with van der Waals surface area (Å²) in [6, 6.07) is 9.45. The lowest BCUT2D eigenvalue weighted by Crippen LogP contribution is -2.13. The van der Waals surface area contributed by atoms with E-state index in [1.807, 2.05) is 37.3 Å². The average Bonchev–Trinajstić information content (AvgIpc) is 3.06. The highest BCUT2D eigenvalue weighted by Gasteiger charge is 2.16. The SMILES string of the molecule is CCCc1nnsc1C(=O)Nc1cnc(Oc2ccccc2)nc1. The van der Waals surface area contributed by atoms with Gasteiger partial charge in [0.25, 0.3) is 5.91 Å². The van der Waals surface area contributed by atoms with Gasteiger partial charge < -0.3 is 10.1 Å². The molecule has 0 aliphatic rings. The summed E-state index contributed by atoms with van der Waals surface area (Å²) in [6.45, 7) is 2.03. The van der Waals surface area contributed by atoms with Crippen molar-refractivity contribution < 1.29 is 9.53 Å². The van der Waals surface area contributed by atoms with Gasteiger partial charge in [0.15, 0.2) is 0 Å². The van der Waals surface area contributed by atoms with Crippen LogP contribution in [0.25, 0.3) is 0 Å². The number of aryl methyl sites for hydroxylation is 1. The number of nitrogens with one attached hydrogen (secondary N) is 1. The van der Waals surface area contributed by atoms with Crippen molar-refractivity contribution in [2.75, 3.05) is 5.32 Å². The second-order valence-corrected chi connectivity index (χ2v) is 5.68. The number of hydrogen-bond acceptors (Lipinski definition) is 7. The molecule has 0 bridgehead atoms. The Morgan fingerprint density at radius 1 is 1.21 bits per heavy atom. The molecule has 0 radical (unpaired) electrons. The Labute approximate surface area is 142 Å². The van der Waals surface area contributed by atoms with Gasteiger partial charge in [-0.15, -0.1) is 5.10 Å². The molecule has 122 valence electrons.